The number of ether oxygens (including phenoxy) is 1. The van der Waals surface area contributed by atoms with E-state index in [0.717, 1.165) is 0 Å². The molecule has 0 aromatic carbocycles. The van der Waals surface area contributed by atoms with Gasteiger partial charge in [-0.15, -0.1) is 0 Å². The molecule has 1 aliphatic rings. The summed E-state index contributed by atoms with van der Waals surface area (Å²) in [5.41, 5.74) is 0. The second-order valence-electron chi connectivity index (χ2n) is 6.73. The molecule has 9 heteroatoms. The summed E-state index contributed by atoms with van der Waals surface area (Å²) in [7, 11) is 0. The van der Waals surface area contributed by atoms with Gasteiger partial charge in [-0.2, -0.15) is 8.78 Å². The number of hydrogen-bond acceptors (Lipinski definition) is 5. The zero-order chi connectivity index (χ0) is 19.4. The molecule has 0 aromatic rings. The molecule has 25 heavy (non-hydrogen) atoms. The van der Waals surface area contributed by atoms with Crippen molar-refractivity contribution < 1.29 is 38.1 Å². The van der Waals surface area contributed by atoms with Crippen molar-refractivity contribution in [3.8, 4) is 0 Å². The molecule has 1 amide bonds. The van der Waals surface area contributed by atoms with Crippen LogP contribution in [-0.2, 0) is 19.1 Å². The number of carbonyl (C=O) groups excluding carboxylic acids is 2. The topological polar surface area (TPSA) is 113 Å². The maximum absolute atomic E-state index is 13.8. The zero-order valence-corrected chi connectivity index (χ0v) is 14.5. The molecule has 3 N–H and O–H groups in total. The van der Waals surface area contributed by atoms with E-state index in [1.807, 2.05) is 0 Å². The number of carboxylic acid groups (broad SMARTS) is 1. The van der Waals surface area contributed by atoms with Gasteiger partial charge < -0.3 is 20.3 Å². The fraction of sp³-hybridized carbons (Fsp3) is 0.812. The Kier molecular flexibility index (Phi) is 7.28. The Balaban J connectivity index is 2.93. The number of rotatable bonds is 7. The molecule has 144 valence electrons. The molecule has 1 fully saturated rings. The van der Waals surface area contributed by atoms with Gasteiger partial charge in [-0.05, 0) is 18.8 Å². The summed E-state index contributed by atoms with van der Waals surface area (Å²) >= 11 is 0. The number of hydrogen-bond donors (Lipinski definition) is 3. The normalized spacial score (nSPS) is 23.6. The van der Waals surface area contributed by atoms with E-state index in [1.165, 1.54) is 20.8 Å². The molecule has 0 aliphatic heterocycles. The molecule has 0 aromatic heterocycles. The van der Waals surface area contributed by atoms with Gasteiger partial charge in [-0.3, -0.25) is 9.59 Å². The Morgan fingerprint density at radius 1 is 1.20 bits per heavy atom. The number of esters is 1. The molecule has 4 unspecified atom stereocenters. The summed E-state index contributed by atoms with van der Waals surface area (Å²) in [6, 6.07) is 0. The molecule has 0 radical (unpaired) electrons. The highest BCUT2D eigenvalue weighted by Gasteiger charge is 2.52. The minimum Gasteiger partial charge on any atom is -0.477 e. The Morgan fingerprint density at radius 3 is 2.24 bits per heavy atom. The maximum atomic E-state index is 13.8. The smallest absolute Gasteiger partial charge is 0.378 e. The first-order valence-electron chi connectivity index (χ1n) is 8.25. The predicted octanol–water partition coefficient (Wildman–Crippen LogP) is 1.53. The lowest BCUT2D eigenvalue weighted by atomic mass is 9.78. The van der Waals surface area contributed by atoms with E-state index in [4.69, 9.17) is 9.84 Å². The average Bonchev–Trinajstić information content (AvgIpc) is 2.50. The zero-order valence-electron chi connectivity index (χ0n) is 14.5. The third kappa shape index (κ3) is 5.35. The van der Waals surface area contributed by atoms with Crippen LogP contribution in [0.15, 0.2) is 0 Å². The maximum Gasteiger partial charge on any atom is 0.378 e. The Labute approximate surface area is 144 Å². The number of carbonyl (C=O) groups is 3. The van der Waals surface area contributed by atoms with Crippen molar-refractivity contribution in [3.05, 3.63) is 0 Å². The van der Waals surface area contributed by atoms with Crippen LogP contribution in [-0.4, -0.2) is 46.3 Å². The van der Waals surface area contributed by atoms with Gasteiger partial charge in [0.15, 0.2) is 6.10 Å². The monoisotopic (exact) mass is 365 g/mol. The van der Waals surface area contributed by atoms with Gasteiger partial charge >= 0.3 is 17.9 Å². The van der Waals surface area contributed by atoms with Gasteiger partial charge in [0.05, 0.1) is 5.92 Å². The Hall–Kier alpha value is -1.77. The van der Waals surface area contributed by atoms with E-state index in [2.05, 4.69) is 5.32 Å². The summed E-state index contributed by atoms with van der Waals surface area (Å²) in [4.78, 5) is 34.3. The summed E-state index contributed by atoms with van der Waals surface area (Å²) in [6.45, 7) is 3.88. The van der Waals surface area contributed by atoms with Crippen molar-refractivity contribution in [1.29, 1.82) is 0 Å². The lowest BCUT2D eigenvalue weighted by Gasteiger charge is -2.35. The van der Waals surface area contributed by atoms with Gasteiger partial charge in [0.2, 0.25) is 5.91 Å². The molecule has 1 rings (SSSR count). The highest BCUT2D eigenvalue weighted by atomic mass is 19.3. The molecule has 0 spiro atoms. The van der Waals surface area contributed by atoms with Crippen molar-refractivity contribution >= 4 is 17.8 Å². The molecular formula is C16H25F2NO6. The van der Waals surface area contributed by atoms with Crippen LogP contribution in [0.2, 0.25) is 0 Å². The first kappa shape index (κ1) is 21.3. The van der Waals surface area contributed by atoms with Crippen LogP contribution >= 0.6 is 0 Å². The van der Waals surface area contributed by atoms with Crippen molar-refractivity contribution in [2.45, 2.75) is 64.7 Å². The Morgan fingerprint density at radius 2 is 1.76 bits per heavy atom. The van der Waals surface area contributed by atoms with Crippen molar-refractivity contribution in [2.75, 3.05) is 0 Å². The SMILES string of the molecule is CC(=O)NC(O)C1CCCCC1C(=O)OC(C(C)C)C(F)(F)C(=O)O. The van der Waals surface area contributed by atoms with Gasteiger partial charge in [-0.25, -0.2) is 4.79 Å². The largest absolute Gasteiger partial charge is 0.477 e. The van der Waals surface area contributed by atoms with E-state index in [0.29, 0.717) is 25.7 Å². The molecule has 1 saturated carbocycles. The van der Waals surface area contributed by atoms with E-state index in [9.17, 15) is 28.3 Å². The van der Waals surface area contributed by atoms with E-state index >= 15 is 0 Å². The number of carboxylic acids is 1. The average molecular weight is 365 g/mol. The van der Waals surface area contributed by atoms with Crippen LogP contribution in [0.25, 0.3) is 0 Å². The van der Waals surface area contributed by atoms with E-state index < -0.39 is 53.9 Å². The standard InChI is InChI=1S/C16H25F2NO6/c1-8(2)12(16(17,18)15(23)24)25-14(22)11-7-5-4-6-10(11)13(21)19-9(3)20/h8,10-13,21H,4-7H2,1-3H3,(H,19,20)(H,23,24). The van der Waals surface area contributed by atoms with Crippen LogP contribution in [0.3, 0.4) is 0 Å². The molecule has 4 atom stereocenters. The number of halogens is 2. The highest BCUT2D eigenvalue weighted by Crippen LogP contribution is 2.35. The van der Waals surface area contributed by atoms with Gasteiger partial charge in [0.1, 0.15) is 6.23 Å². The van der Waals surface area contributed by atoms with Gasteiger partial charge in [0, 0.05) is 12.8 Å². The van der Waals surface area contributed by atoms with Gasteiger partial charge in [0.25, 0.3) is 0 Å². The Bertz CT molecular complexity index is 511. The van der Waals surface area contributed by atoms with E-state index in [1.54, 1.807) is 0 Å². The number of alkyl halides is 2. The number of aliphatic carboxylic acids is 1. The quantitative estimate of drug-likeness (QED) is 0.466. The molecular weight excluding hydrogens is 340 g/mol. The second kappa shape index (κ2) is 8.55. The van der Waals surface area contributed by atoms with Crippen LogP contribution in [0.4, 0.5) is 8.78 Å². The number of aliphatic hydroxyl groups is 1. The van der Waals surface area contributed by atoms with E-state index in [-0.39, 0.29) is 0 Å². The summed E-state index contributed by atoms with van der Waals surface area (Å²) in [5, 5.41) is 21.1. The van der Waals surface area contributed by atoms with Gasteiger partial charge in [-0.1, -0.05) is 26.7 Å². The minimum absolute atomic E-state index is 0.309. The lowest BCUT2D eigenvalue weighted by Crippen LogP contribution is -2.50. The summed E-state index contributed by atoms with van der Waals surface area (Å²) in [6.07, 6.45) is -1.33. The van der Waals surface area contributed by atoms with Crippen LogP contribution < -0.4 is 5.32 Å². The second-order valence-corrected chi connectivity index (χ2v) is 6.73. The summed E-state index contributed by atoms with van der Waals surface area (Å²) in [5.74, 6) is -10.5. The van der Waals surface area contributed by atoms with Crippen LogP contribution in [0.5, 0.6) is 0 Å². The molecule has 7 nitrogen and oxygen atoms in total. The molecule has 1 aliphatic carbocycles. The third-order valence-corrected chi connectivity index (χ3v) is 4.37. The van der Waals surface area contributed by atoms with Crippen molar-refractivity contribution in [3.63, 3.8) is 0 Å². The summed E-state index contributed by atoms with van der Waals surface area (Å²) < 4.78 is 32.5. The lowest BCUT2D eigenvalue weighted by molar-refractivity contribution is -0.203. The molecule has 0 bridgehead atoms. The number of nitrogens with one attached hydrogen (secondary N) is 1. The van der Waals surface area contributed by atoms with Crippen molar-refractivity contribution in [1.82, 2.24) is 5.32 Å². The van der Waals surface area contributed by atoms with Crippen LogP contribution in [0.1, 0.15) is 46.5 Å². The number of amides is 1. The fourth-order valence-electron chi connectivity index (χ4n) is 3.11. The third-order valence-electron chi connectivity index (χ3n) is 4.37. The minimum atomic E-state index is -4.22. The molecule has 0 saturated heterocycles. The highest BCUT2D eigenvalue weighted by molar-refractivity contribution is 5.78. The van der Waals surface area contributed by atoms with Crippen molar-refractivity contribution in [2.24, 2.45) is 17.8 Å². The predicted molar refractivity (Wildman–Crippen MR) is 82.6 cm³/mol. The fourth-order valence-corrected chi connectivity index (χ4v) is 3.11. The number of aliphatic hydroxyl groups excluding tert-OH is 1. The molecule has 0 heterocycles. The van der Waals surface area contributed by atoms with Crippen LogP contribution in [0, 0.1) is 17.8 Å². The first-order valence-corrected chi connectivity index (χ1v) is 8.25. The first-order chi connectivity index (χ1) is 11.5.